The fourth-order valence-electron chi connectivity index (χ4n) is 2.97. The number of anilines is 1. The highest BCUT2D eigenvalue weighted by molar-refractivity contribution is 6.31. The molecule has 5 nitrogen and oxygen atoms in total. The number of aromatic nitrogens is 3. The molecule has 0 unspecified atom stereocenters. The first-order valence-electron chi connectivity index (χ1n) is 9.19. The molecule has 144 valence electrons. The van der Waals surface area contributed by atoms with Crippen LogP contribution in [0.1, 0.15) is 21.7 Å². The third kappa shape index (κ3) is 3.91. The second-order valence-electron chi connectivity index (χ2n) is 6.74. The van der Waals surface area contributed by atoms with Crippen molar-refractivity contribution in [2.75, 3.05) is 5.32 Å². The number of halogens is 1. The van der Waals surface area contributed by atoms with Gasteiger partial charge in [-0.25, -0.2) is 9.67 Å². The lowest BCUT2D eigenvalue weighted by Crippen LogP contribution is -2.15. The van der Waals surface area contributed by atoms with Crippen LogP contribution in [0.15, 0.2) is 72.8 Å². The Morgan fingerprint density at radius 1 is 0.931 bits per heavy atom. The first-order chi connectivity index (χ1) is 14.0. The van der Waals surface area contributed by atoms with Gasteiger partial charge in [0.2, 0.25) is 5.82 Å². The summed E-state index contributed by atoms with van der Waals surface area (Å²) in [7, 11) is 0. The van der Waals surface area contributed by atoms with E-state index in [9.17, 15) is 4.79 Å². The first kappa shape index (κ1) is 18.9. The van der Waals surface area contributed by atoms with Crippen molar-refractivity contribution in [2.24, 2.45) is 0 Å². The van der Waals surface area contributed by atoms with Crippen LogP contribution in [0.5, 0.6) is 0 Å². The normalized spacial score (nSPS) is 10.7. The van der Waals surface area contributed by atoms with Gasteiger partial charge in [-0.1, -0.05) is 65.7 Å². The lowest BCUT2D eigenvalue weighted by Gasteiger charge is -2.07. The number of nitrogens with one attached hydrogen (secondary N) is 1. The Labute approximate surface area is 174 Å². The van der Waals surface area contributed by atoms with Crippen molar-refractivity contribution in [1.82, 2.24) is 14.8 Å². The minimum absolute atomic E-state index is 0.0869. The summed E-state index contributed by atoms with van der Waals surface area (Å²) in [5.41, 5.74) is 4.28. The molecular formula is C23H19ClN4O. The maximum absolute atomic E-state index is 12.9. The van der Waals surface area contributed by atoms with Crippen molar-refractivity contribution in [3.63, 3.8) is 0 Å². The van der Waals surface area contributed by atoms with Gasteiger partial charge in [0.15, 0.2) is 5.82 Å². The van der Waals surface area contributed by atoms with Crippen molar-refractivity contribution >= 4 is 23.2 Å². The molecule has 0 aliphatic rings. The molecule has 1 amide bonds. The number of hydrogen-bond acceptors (Lipinski definition) is 3. The predicted octanol–water partition coefficient (Wildman–Crippen LogP) is 5.46. The minimum Gasteiger partial charge on any atom is -0.319 e. The fraction of sp³-hybridized carbons (Fsp3) is 0.0870. The summed E-state index contributed by atoms with van der Waals surface area (Å²) in [5.74, 6) is 0.296. The zero-order valence-electron chi connectivity index (χ0n) is 16.1. The molecule has 6 heteroatoms. The second-order valence-corrected chi connectivity index (χ2v) is 7.15. The maximum Gasteiger partial charge on any atom is 0.295 e. The molecule has 0 aliphatic heterocycles. The summed E-state index contributed by atoms with van der Waals surface area (Å²) in [6.07, 6.45) is 0. The van der Waals surface area contributed by atoms with Crippen LogP contribution < -0.4 is 5.32 Å². The Hall–Kier alpha value is -3.44. The van der Waals surface area contributed by atoms with E-state index < -0.39 is 5.91 Å². The van der Waals surface area contributed by atoms with Crippen LogP contribution >= 0.6 is 11.6 Å². The average molecular weight is 403 g/mol. The Bertz CT molecular complexity index is 1170. The van der Waals surface area contributed by atoms with Crippen LogP contribution in [-0.4, -0.2) is 20.7 Å². The molecule has 0 bridgehead atoms. The van der Waals surface area contributed by atoms with Crippen LogP contribution in [0, 0.1) is 13.8 Å². The summed E-state index contributed by atoms with van der Waals surface area (Å²) in [6.45, 7) is 3.88. The summed E-state index contributed by atoms with van der Waals surface area (Å²) in [4.78, 5) is 17.4. The van der Waals surface area contributed by atoms with Gasteiger partial charge in [-0.15, -0.1) is 5.10 Å². The number of rotatable bonds is 4. The highest BCUT2D eigenvalue weighted by atomic mass is 35.5. The van der Waals surface area contributed by atoms with Crippen molar-refractivity contribution < 1.29 is 4.79 Å². The van der Waals surface area contributed by atoms with E-state index >= 15 is 0 Å². The van der Waals surface area contributed by atoms with Crippen LogP contribution in [0.4, 0.5) is 5.69 Å². The van der Waals surface area contributed by atoms with Gasteiger partial charge in [0, 0.05) is 16.3 Å². The number of aryl methyl sites for hydroxylation is 1. The molecular weight excluding hydrogens is 384 g/mol. The quantitative estimate of drug-likeness (QED) is 0.493. The number of carbonyl (C=O) groups excluding carboxylic acids is 1. The highest BCUT2D eigenvalue weighted by Crippen LogP contribution is 2.25. The van der Waals surface area contributed by atoms with E-state index in [2.05, 4.69) is 15.4 Å². The number of hydrogen-bond donors (Lipinski definition) is 1. The summed E-state index contributed by atoms with van der Waals surface area (Å²) < 4.78 is 1.69. The minimum atomic E-state index is -0.390. The standard InChI is InChI=1S/C23H19ClN4O/c1-15-11-13-18(14-12-15)28-22(17-7-4-3-5-8-17)26-21(27-28)23(29)25-20-10-6-9-19(24)16(20)2/h3-14H,1-2H3,(H,25,29). The molecule has 4 rings (SSSR count). The Balaban J connectivity index is 1.75. The zero-order chi connectivity index (χ0) is 20.4. The average Bonchev–Trinajstić information content (AvgIpc) is 3.18. The van der Waals surface area contributed by atoms with Crippen LogP contribution in [-0.2, 0) is 0 Å². The van der Waals surface area contributed by atoms with Crippen molar-refractivity contribution in [3.8, 4) is 17.1 Å². The molecule has 1 aromatic heterocycles. The van der Waals surface area contributed by atoms with E-state index in [1.807, 2.05) is 68.4 Å². The van der Waals surface area contributed by atoms with E-state index in [-0.39, 0.29) is 5.82 Å². The number of amides is 1. The molecule has 29 heavy (non-hydrogen) atoms. The lowest BCUT2D eigenvalue weighted by atomic mass is 10.2. The Kier molecular flexibility index (Phi) is 5.14. The van der Waals surface area contributed by atoms with Gasteiger partial charge < -0.3 is 5.32 Å². The van der Waals surface area contributed by atoms with Crippen LogP contribution in [0.2, 0.25) is 5.02 Å². The van der Waals surface area contributed by atoms with Crippen molar-refractivity contribution in [2.45, 2.75) is 13.8 Å². The molecule has 4 aromatic rings. The molecule has 0 saturated carbocycles. The Morgan fingerprint density at radius 3 is 2.38 bits per heavy atom. The van der Waals surface area contributed by atoms with E-state index in [1.165, 1.54) is 0 Å². The van der Waals surface area contributed by atoms with Gasteiger partial charge in [0.25, 0.3) is 5.91 Å². The van der Waals surface area contributed by atoms with E-state index in [1.54, 1.807) is 22.9 Å². The van der Waals surface area contributed by atoms with Crippen LogP contribution in [0.25, 0.3) is 17.1 Å². The Morgan fingerprint density at radius 2 is 1.66 bits per heavy atom. The number of nitrogens with zero attached hydrogens (tertiary/aromatic N) is 3. The summed E-state index contributed by atoms with van der Waals surface area (Å²) in [5, 5.41) is 7.94. The molecule has 0 spiro atoms. The SMILES string of the molecule is Cc1ccc(-n2nc(C(=O)Nc3cccc(Cl)c3C)nc2-c2ccccc2)cc1. The molecule has 0 radical (unpaired) electrons. The monoisotopic (exact) mass is 402 g/mol. The van der Waals surface area contributed by atoms with Gasteiger partial charge in [-0.2, -0.15) is 0 Å². The molecule has 3 aromatic carbocycles. The molecule has 0 saturated heterocycles. The molecule has 0 atom stereocenters. The number of carbonyl (C=O) groups is 1. The van der Waals surface area contributed by atoms with Crippen LogP contribution in [0.3, 0.4) is 0 Å². The van der Waals surface area contributed by atoms with Gasteiger partial charge in [-0.3, -0.25) is 4.79 Å². The zero-order valence-corrected chi connectivity index (χ0v) is 16.8. The lowest BCUT2D eigenvalue weighted by molar-refractivity contribution is 0.101. The second kappa shape index (κ2) is 7.89. The smallest absolute Gasteiger partial charge is 0.295 e. The van der Waals surface area contributed by atoms with Gasteiger partial charge in [0.05, 0.1) is 5.69 Å². The first-order valence-corrected chi connectivity index (χ1v) is 9.57. The third-order valence-electron chi connectivity index (χ3n) is 4.64. The van der Waals surface area contributed by atoms with Crippen molar-refractivity contribution in [1.29, 1.82) is 0 Å². The highest BCUT2D eigenvalue weighted by Gasteiger charge is 2.19. The van der Waals surface area contributed by atoms with E-state index in [4.69, 9.17) is 11.6 Å². The molecule has 0 fully saturated rings. The summed E-state index contributed by atoms with van der Waals surface area (Å²) in [6, 6.07) is 23.0. The van der Waals surface area contributed by atoms with Gasteiger partial charge in [0.1, 0.15) is 0 Å². The summed E-state index contributed by atoms with van der Waals surface area (Å²) >= 11 is 6.16. The van der Waals surface area contributed by atoms with E-state index in [0.29, 0.717) is 16.5 Å². The molecule has 0 aliphatic carbocycles. The largest absolute Gasteiger partial charge is 0.319 e. The van der Waals surface area contributed by atoms with Gasteiger partial charge >= 0.3 is 0 Å². The van der Waals surface area contributed by atoms with Crippen molar-refractivity contribution in [3.05, 3.63) is 94.8 Å². The number of benzene rings is 3. The molecule has 1 N–H and O–H groups in total. The fourth-order valence-corrected chi connectivity index (χ4v) is 3.14. The topological polar surface area (TPSA) is 59.8 Å². The molecule has 1 heterocycles. The van der Waals surface area contributed by atoms with Gasteiger partial charge in [-0.05, 0) is 43.7 Å². The maximum atomic E-state index is 12.9. The predicted molar refractivity (Wildman–Crippen MR) is 116 cm³/mol. The third-order valence-corrected chi connectivity index (χ3v) is 5.05. The van der Waals surface area contributed by atoms with E-state index in [0.717, 1.165) is 22.4 Å².